The molecule has 0 saturated heterocycles. The van der Waals surface area contributed by atoms with Gasteiger partial charge in [0.05, 0.1) is 6.04 Å². The second kappa shape index (κ2) is 6.00. The maximum atomic E-state index is 11.4. The molecule has 0 radical (unpaired) electrons. The van der Waals surface area contributed by atoms with Crippen molar-refractivity contribution in [2.75, 3.05) is 0 Å². The monoisotopic (exact) mass is 235 g/mol. The van der Waals surface area contributed by atoms with E-state index < -0.39 is 11.9 Å². The Morgan fingerprint density at radius 1 is 1.41 bits per heavy atom. The molecule has 0 fully saturated rings. The van der Waals surface area contributed by atoms with Gasteiger partial charge in [-0.25, -0.2) is 0 Å². The highest BCUT2D eigenvalue weighted by atomic mass is 16.2. The number of nitrogens with two attached hydrogens (primary N) is 2. The SMILES string of the molecule is CCC(N)C(=O)NCc1cccc(C(N)=O)c1. The minimum Gasteiger partial charge on any atom is -0.366 e. The van der Waals surface area contributed by atoms with E-state index in [-0.39, 0.29) is 5.91 Å². The molecule has 5 nitrogen and oxygen atoms in total. The molecule has 0 aliphatic carbocycles. The first kappa shape index (κ1) is 13.2. The van der Waals surface area contributed by atoms with Crippen LogP contribution in [0.2, 0.25) is 0 Å². The highest BCUT2D eigenvalue weighted by Gasteiger charge is 2.10. The van der Waals surface area contributed by atoms with Crippen LogP contribution in [0.5, 0.6) is 0 Å². The summed E-state index contributed by atoms with van der Waals surface area (Å²) in [5.41, 5.74) is 12.0. The number of primary amides is 1. The maximum absolute atomic E-state index is 11.4. The molecular weight excluding hydrogens is 218 g/mol. The van der Waals surface area contributed by atoms with E-state index in [1.807, 2.05) is 13.0 Å². The van der Waals surface area contributed by atoms with Gasteiger partial charge in [0.2, 0.25) is 11.8 Å². The standard InChI is InChI=1S/C12H17N3O2/c1-2-10(13)12(17)15-7-8-4-3-5-9(6-8)11(14)16/h3-6,10H,2,7,13H2,1H3,(H2,14,16)(H,15,17). The quantitative estimate of drug-likeness (QED) is 0.677. The zero-order chi connectivity index (χ0) is 12.8. The zero-order valence-corrected chi connectivity index (χ0v) is 9.77. The summed E-state index contributed by atoms with van der Waals surface area (Å²) in [6, 6.07) is 6.33. The van der Waals surface area contributed by atoms with Crippen LogP contribution in [0.25, 0.3) is 0 Å². The van der Waals surface area contributed by atoms with Crippen LogP contribution in [-0.4, -0.2) is 17.9 Å². The average Bonchev–Trinajstić information content (AvgIpc) is 2.35. The Labute approximate surface area is 100 Å². The molecule has 1 unspecified atom stereocenters. The van der Waals surface area contributed by atoms with Gasteiger partial charge in [-0.2, -0.15) is 0 Å². The number of amides is 2. The van der Waals surface area contributed by atoms with Crippen LogP contribution in [0.15, 0.2) is 24.3 Å². The first-order chi connectivity index (χ1) is 8.04. The minimum absolute atomic E-state index is 0.197. The van der Waals surface area contributed by atoms with Gasteiger partial charge in [-0.1, -0.05) is 19.1 Å². The molecule has 1 aromatic carbocycles. The zero-order valence-electron chi connectivity index (χ0n) is 9.77. The van der Waals surface area contributed by atoms with Crippen LogP contribution in [0.1, 0.15) is 29.3 Å². The fraction of sp³-hybridized carbons (Fsp3) is 0.333. The lowest BCUT2D eigenvalue weighted by Crippen LogP contribution is -2.39. The van der Waals surface area contributed by atoms with E-state index in [0.29, 0.717) is 18.5 Å². The summed E-state index contributed by atoms with van der Waals surface area (Å²) in [6.07, 6.45) is 0.590. The van der Waals surface area contributed by atoms with Crippen LogP contribution in [0.3, 0.4) is 0 Å². The van der Waals surface area contributed by atoms with E-state index in [1.54, 1.807) is 18.2 Å². The number of hydrogen-bond donors (Lipinski definition) is 3. The fourth-order valence-corrected chi connectivity index (χ4v) is 1.34. The Kier molecular flexibility index (Phi) is 4.66. The Morgan fingerprint density at radius 3 is 2.71 bits per heavy atom. The molecule has 1 aromatic rings. The Balaban J connectivity index is 2.60. The molecule has 92 valence electrons. The summed E-state index contributed by atoms with van der Waals surface area (Å²) in [6.45, 7) is 2.19. The summed E-state index contributed by atoms with van der Waals surface area (Å²) in [7, 11) is 0. The number of rotatable bonds is 5. The first-order valence-electron chi connectivity index (χ1n) is 5.46. The predicted octanol–water partition coefficient (Wildman–Crippen LogP) is 0.139. The summed E-state index contributed by atoms with van der Waals surface area (Å²) in [5.74, 6) is -0.680. The Hall–Kier alpha value is -1.88. The number of benzene rings is 1. The molecule has 0 aliphatic rings. The van der Waals surface area contributed by atoms with Gasteiger partial charge in [-0.3, -0.25) is 9.59 Å². The van der Waals surface area contributed by atoms with Crippen LogP contribution >= 0.6 is 0 Å². The topological polar surface area (TPSA) is 98.2 Å². The molecule has 0 spiro atoms. The third-order valence-corrected chi connectivity index (χ3v) is 2.45. The lowest BCUT2D eigenvalue weighted by molar-refractivity contribution is -0.122. The molecule has 0 aromatic heterocycles. The lowest BCUT2D eigenvalue weighted by atomic mass is 10.1. The molecule has 0 heterocycles. The van der Waals surface area contributed by atoms with Crippen molar-refractivity contribution in [1.82, 2.24) is 5.32 Å². The van der Waals surface area contributed by atoms with E-state index in [0.717, 1.165) is 5.56 Å². The molecule has 0 aliphatic heterocycles. The van der Waals surface area contributed by atoms with Crippen LogP contribution < -0.4 is 16.8 Å². The van der Waals surface area contributed by atoms with Gasteiger partial charge in [-0.05, 0) is 24.1 Å². The van der Waals surface area contributed by atoms with Crippen molar-refractivity contribution in [2.45, 2.75) is 25.9 Å². The molecule has 1 atom stereocenters. The number of nitrogens with one attached hydrogen (secondary N) is 1. The molecular formula is C12H17N3O2. The third kappa shape index (κ3) is 3.88. The Morgan fingerprint density at radius 2 is 2.12 bits per heavy atom. The highest BCUT2D eigenvalue weighted by Crippen LogP contribution is 2.04. The van der Waals surface area contributed by atoms with Crippen molar-refractivity contribution in [3.63, 3.8) is 0 Å². The largest absolute Gasteiger partial charge is 0.366 e. The minimum atomic E-state index is -0.491. The van der Waals surface area contributed by atoms with Crippen molar-refractivity contribution in [1.29, 1.82) is 0 Å². The first-order valence-corrected chi connectivity index (χ1v) is 5.46. The number of carbonyl (C=O) groups excluding carboxylic acids is 2. The average molecular weight is 235 g/mol. The second-order valence-corrected chi connectivity index (χ2v) is 3.80. The van der Waals surface area contributed by atoms with Gasteiger partial charge in [0, 0.05) is 12.1 Å². The fourth-order valence-electron chi connectivity index (χ4n) is 1.34. The molecule has 2 amide bonds. The van der Waals surface area contributed by atoms with E-state index in [2.05, 4.69) is 5.32 Å². The van der Waals surface area contributed by atoms with Gasteiger partial charge in [0.15, 0.2) is 0 Å². The van der Waals surface area contributed by atoms with Gasteiger partial charge in [0.25, 0.3) is 0 Å². The van der Waals surface area contributed by atoms with E-state index in [4.69, 9.17) is 11.5 Å². The summed E-state index contributed by atoms with van der Waals surface area (Å²) in [5, 5.41) is 2.70. The number of carbonyl (C=O) groups is 2. The van der Waals surface area contributed by atoms with E-state index >= 15 is 0 Å². The maximum Gasteiger partial charge on any atom is 0.248 e. The van der Waals surface area contributed by atoms with Crippen molar-refractivity contribution in [3.8, 4) is 0 Å². The second-order valence-electron chi connectivity index (χ2n) is 3.80. The van der Waals surface area contributed by atoms with Crippen LogP contribution in [0.4, 0.5) is 0 Å². The third-order valence-electron chi connectivity index (χ3n) is 2.45. The summed E-state index contributed by atoms with van der Waals surface area (Å²) >= 11 is 0. The summed E-state index contributed by atoms with van der Waals surface area (Å²) < 4.78 is 0. The normalized spacial score (nSPS) is 11.9. The number of hydrogen-bond acceptors (Lipinski definition) is 3. The molecule has 5 N–H and O–H groups in total. The summed E-state index contributed by atoms with van der Waals surface area (Å²) in [4.78, 5) is 22.4. The predicted molar refractivity (Wildman–Crippen MR) is 65.1 cm³/mol. The lowest BCUT2D eigenvalue weighted by Gasteiger charge is -2.10. The van der Waals surface area contributed by atoms with Gasteiger partial charge in [0.1, 0.15) is 0 Å². The Bertz CT molecular complexity index is 418. The highest BCUT2D eigenvalue weighted by molar-refractivity contribution is 5.92. The van der Waals surface area contributed by atoms with Crippen molar-refractivity contribution < 1.29 is 9.59 Å². The molecule has 0 saturated carbocycles. The van der Waals surface area contributed by atoms with E-state index in [9.17, 15) is 9.59 Å². The van der Waals surface area contributed by atoms with Crippen molar-refractivity contribution >= 4 is 11.8 Å². The molecule has 17 heavy (non-hydrogen) atoms. The molecule has 5 heteroatoms. The van der Waals surface area contributed by atoms with Gasteiger partial charge in [-0.15, -0.1) is 0 Å². The molecule has 1 rings (SSSR count). The van der Waals surface area contributed by atoms with Crippen LogP contribution in [0, 0.1) is 0 Å². The van der Waals surface area contributed by atoms with Crippen molar-refractivity contribution in [3.05, 3.63) is 35.4 Å². The smallest absolute Gasteiger partial charge is 0.248 e. The van der Waals surface area contributed by atoms with Crippen molar-refractivity contribution in [2.24, 2.45) is 11.5 Å². The molecule has 0 bridgehead atoms. The van der Waals surface area contributed by atoms with Gasteiger partial charge < -0.3 is 16.8 Å². The van der Waals surface area contributed by atoms with E-state index in [1.165, 1.54) is 0 Å². The van der Waals surface area contributed by atoms with Crippen LogP contribution in [-0.2, 0) is 11.3 Å². The van der Waals surface area contributed by atoms with Gasteiger partial charge >= 0.3 is 0 Å².